The van der Waals surface area contributed by atoms with Gasteiger partial charge in [-0.3, -0.25) is 4.79 Å². The van der Waals surface area contributed by atoms with Gasteiger partial charge in [0.05, 0.1) is 5.92 Å². The molecule has 0 radical (unpaired) electrons. The van der Waals surface area contributed by atoms with Gasteiger partial charge in [0.2, 0.25) is 0 Å². The van der Waals surface area contributed by atoms with Crippen molar-refractivity contribution in [2.24, 2.45) is 5.92 Å². The smallest absolute Gasteiger partial charge is 0.309 e. The lowest BCUT2D eigenvalue weighted by Gasteiger charge is -2.18. The van der Waals surface area contributed by atoms with E-state index in [0.29, 0.717) is 0 Å². The van der Waals surface area contributed by atoms with Crippen LogP contribution in [-0.2, 0) is 9.53 Å². The number of carbonyl (C=O) groups is 1. The van der Waals surface area contributed by atoms with Gasteiger partial charge in [-0.25, -0.2) is 0 Å². The Hall–Kier alpha value is -2.09. The van der Waals surface area contributed by atoms with E-state index in [9.17, 15) is 4.79 Å². The molecule has 0 amide bonds. The van der Waals surface area contributed by atoms with Gasteiger partial charge in [0, 0.05) is 0 Å². The van der Waals surface area contributed by atoms with Gasteiger partial charge >= 0.3 is 5.97 Å². The van der Waals surface area contributed by atoms with Crippen molar-refractivity contribution in [2.45, 2.75) is 18.9 Å². The zero-order valence-electron chi connectivity index (χ0n) is 10.7. The van der Waals surface area contributed by atoms with E-state index in [1.165, 1.54) is 0 Å². The molecular weight excluding hydrogens is 236 g/mol. The highest BCUT2D eigenvalue weighted by Gasteiger charge is 2.33. The first kappa shape index (κ1) is 12.0. The van der Waals surface area contributed by atoms with E-state index in [-0.39, 0.29) is 18.0 Å². The van der Waals surface area contributed by atoms with Crippen molar-refractivity contribution in [1.29, 1.82) is 0 Å². The number of hydrogen-bond acceptors (Lipinski definition) is 2. The van der Waals surface area contributed by atoms with Crippen molar-refractivity contribution in [1.82, 2.24) is 0 Å². The van der Waals surface area contributed by atoms with Gasteiger partial charge in [0.15, 0.2) is 6.10 Å². The van der Waals surface area contributed by atoms with Crippen molar-refractivity contribution < 1.29 is 9.53 Å². The topological polar surface area (TPSA) is 26.3 Å². The summed E-state index contributed by atoms with van der Waals surface area (Å²) >= 11 is 0. The molecule has 0 atom stereocenters. The van der Waals surface area contributed by atoms with Gasteiger partial charge < -0.3 is 4.74 Å². The summed E-state index contributed by atoms with van der Waals surface area (Å²) in [5.41, 5.74) is 2.03. The van der Waals surface area contributed by atoms with Gasteiger partial charge in [-0.1, -0.05) is 60.7 Å². The molecule has 19 heavy (non-hydrogen) atoms. The fraction of sp³-hybridized carbons (Fsp3) is 0.235. The summed E-state index contributed by atoms with van der Waals surface area (Å²) in [5.74, 6) is 0.0487. The Morgan fingerprint density at radius 2 is 1.37 bits per heavy atom. The van der Waals surface area contributed by atoms with Gasteiger partial charge in [0.25, 0.3) is 0 Å². The Balaban J connectivity index is 1.89. The first-order valence-electron chi connectivity index (χ1n) is 6.65. The third kappa shape index (κ3) is 2.84. The van der Waals surface area contributed by atoms with Crippen molar-refractivity contribution in [3.8, 4) is 0 Å². The summed E-state index contributed by atoms with van der Waals surface area (Å²) in [5, 5.41) is 0. The minimum atomic E-state index is -0.296. The van der Waals surface area contributed by atoms with E-state index in [1.54, 1.807) is 0 Å². The molecule has 0 N–H and O–H groups in total. The Morgan fingerprint density at radius 3 is 1.79 bits per heavy atom. The van der Waals surface area contributed by atoms with E-state index in [4.69, 9.17) is 4.74 Å². The van der Waals surface area contributed by atoms with Crippen LogP contribution in [-0.4, -0.2) is 5.97 Å². The maximum absolute atomic E-state index is 11.9. The van der Waals surface area contributed by atoms with Gasteiger partial charge in [-0.05, 0) is 24.0 Å². The Labute approximate surface area is 113 Å². The molecule has 2 aromatic rings. The van der Waals surface area contributed by atoms with Crippen LogP contribution in [0.25, 0.3) is 0 Å². The molecule has 3 rings (SSSR count). The first-order valence-corrected chi connectivity index (χ1v) is 6.65. The first-order chi connectivity index (χ1) is 9.34. The van der Waals surface area contributed by atoms with Gasteiger partial charge in [-0.2, -0.15) is 0 Å². The minimum Gasteiger partial charge on any atom is -0.452 e. The quantitative estimate of drug-likeness (QED) is 0.775. The second-order valence-corrected chi connectivity index (χ2v) is 4.91. The molecule has 1 saturated carbocycles. The average molecular weight is 252 g/mol. The molecule has 1 fully saturated rings. The highest BCUT2D eigenvalue weighted by molar-refractivity contribution is 5.75. The predicted octanol–water partition coefficient (Wildman–Crippen LogP) is 3.73. The molecule has 96 valence electrons. The maximum atomic E-state index is 11.9. The van der Waals surface area contributed by atoms with E-state index < -0.39 is 0 Å². The molecule has 0 heterocycles. The summed E-state index contributed by atoms with van der Waals surface area (Å²) in [6, 6.07) is 19.8. The highest BCUT2D eigenvalue weighted by atomic mass is 16.5. The molecule has 0 bridgehead atoms. The fourth-order valence-electron chi connectivity index (χ4n) is 2.12. The van der Waals surface area contributed by atoms with Crippen LogP contribution in [0.4, 0.5) is 0 Å². The van der Waals surface area contributed by atoms with Crippen LogP contribution in [0, 0.1) is 5.92 Å². The zero-order chi connectivity index (χ0) is 13.1. The molecule has 0 unspecified atom stereocenters. The highest BCUT2D eigenvalue weighted by Crippen LogP contribution is 2.34. The molecule has 1 aliphatic rings. The second kappa shape index (κ2) is 5.27. The average Bonchev–Trinajstić information content (AvgIpc) is 3.31. The van der Waals surface area contributed by atoms with Gasteiger partial charge in [-0.15, -0.1) is 0 Å². The van der Waals surface area contributed by atoms with Crippen molar-refractivity contribution in [3.63, 3.8) is 0 Å². The van der Waals surface area contributed by atoms with Crippen molar-refractivity contribution in [2.75, 3.05) is 0 Å². The third-order valence-corrected chi connectivity index (χ3v) is 3.35. The normalized spacial score (nSPS) is 14.4. The summed E-state index contributed by atoms with van der Waals surface area (Å²) in [4.78, 5) is 11.9. The maximum Gasteiger partial charge on any atom is 0.309 e. The standard InChI is InChI=1S/C17H16O2/c18-17(15-11-12-15)19-16(13-7-3-1-4-8-13)14-9-5-2-6-10-14/h1-10,15-16H,11-12H2. The lowest BCUT2D eigenvalue weighted by molar-refractivity contribution is -0.149. The molecule has 2 heteroatoms. The van der Waals surface area contributed by atoms with Crippen LogP contribution < -0.4 is 0 Å². The lowest BCUT2D eigenvalue weighted by Crippen LogP contribution is -2.14. The molecule has 1 aliphatic carbocycles. The number of hydrogen-bond donors (Lipinski definition) is 0. The molecule has 0 saturated heterocycles. The van der Waals surface area contributed by atoms with E-state index in [0.717, 1.165) is 24.0 Å². The van der Waals surface area contributed by atoms with Crippen LogP contribution in [0.2, 0.25) is 0 Å². The molecule has 2 nitrogen and oxygen atoms in total. The third-order valence-electron chi connectivity index (χ3n) is 3.35. The molecular formula is C17H16O2. The SMILES string of the molecule is O=C(OC(c1ccccc1)c1ccccc1)C1CC1. The summed E-state index contributed by atoms with van der Waals surface area (Å²) in [6.07, 6.45) is 1.64. The largest absolute Gasteiger partial charge is 0.452 e. The van der Waals surface area contributed by atoms with E-state index >= 15 is 0 Å². The summed E-state index contributed by atoms with van der Waals surface area (Å²) in [7, 11) is 0. The lowest BCUT2D eigenvalue weighted by atomic mass is 10.0. The Bertz CT molecular complexity index is 504. The van der Waals surface area contributed by atoms with Crippen molar-refractivity contribution >= 4 is 5.97 Å². The summed E-state index contributed by atoms with van der Waals surface area (Å²) in [6.45, 7) is 0. The minimum absolute atomic E-state index is 0.0716. The van der Waals surface area contributed by atoms with Gasteiger partial charge in [0.1, 0.15) is 0 Å². The predicted molar refractivity (Wildman–Crippen MR) is 73.5 cm³/mol. The van der Waals surface area contributed by atoms with Crippen LogP contribution in [0.5, 0.6) is 0 Å². The number of ether oxygens (including phenoxy) is 1. The van der Waals surface area contributed by atoms with E-state index in [1.807, 2.05) is 60.7 Å². The molecule has 0 spiro atoms. The monoisotopic (exact) mass is 252 g/mol. The number of carbonyl (C=O) groups excluding carboxylic acids is 1. The molecule has 2 aromatic carbocycles. The van der Waals surface area contributed by atoms with E-state index in [2.05, 4.69) is 0 Å². The number of benzene rings is 2. The van der Waals surface area contributed by atoms with Crippen LogP contribution >= 0.6 is 0 Å². The van der Waals surface area contributed by atoms with Crippen LogP contribution in [0.1, 0.15) is 30.1 Å². The second-order valence-electron chi connectivity index (χ2n) is 4.91. The summed E-state index contributed by atoms with van der Waals surface area (Å²) < 4.78 is 5.71. The Morgan fingerprint density at radius 1 is 0.895 bits per heavy atom. The number of rotatable bonds is 4. The van der Waals surface area contributed by atoms with Crippen LogP contribution in [0.3, 0.4) is 0 Å². The molecule has 0 aliphatic heterocycles. The zero-order valence-corrected chi connectivity index (χ0v) is 10.7. The molecule has 0 aromatic heterocycles. The fourth-order valence-corrected chi connectivity index (χ4v) is 2.12. The van der Waals surface area contributed by atoms with Crippen molar-refractivity contribution in [3.05, 3.63) is 71.8 Å². The Kier molecular flexibility index (Phi) is 3.32. The number of esters is 1. The van der Waals surface area contributed by atoms with Crippen LogP contribution in [0.15, 0.2) is 60.7 Å².